The van der Waals surface area contributed by atoms with Crippen LogP contribution in [0.5, 0.6) is 0 Å². The molecule has 0 aromatic heterocycles. The lowest BCUT2D eigenvalue weighted by atomic mass is 10.1. The molecule has 0 bridgehead atoms. The minimum Gasteiger partial charge on any atom is -0.368 e. The van der Waals surface area contributed by atoms with E-state index in [-0.39, 0.29) is 23.2 Å². The molecule has 1 heterocycles. The molecule has 1 unspecified atom stereocenters. The van der Waals surface area contributed by atoms with E-state index in [4.69, 9.17) is 5.73 Å². The van der Waals surface area contributed by atoms with Crippen molar-refractivity contribution in [2.75, 3.05) is 11.9 Å². The van der Waals surface area contributed by atoms with E-state index < -0.39 is 35.6 Å². The molecule has 2 aromatic carbocycles. The Hall–Kier alpha value is -4.01. The second kappa shape index (κ2) is 7.93. The van der Waals surface area contributed by atoms with E-state index >= 15 is 0 Å². The highest BCUT2D eigenvalue weighted by Crippen LogP contribution is 2.25. The Morgan fingerprint density at radius 2 is 1.52 bits per heavy atom. The van der Waals surface area contributed by atoms with Gasteiger partial charge in [-0.3, -0.25) is 28.9 Å². The van der Waals surface area contributed by atoms with Crippen molar-refractivity contribution in [2.45, 2.75) is 13.0 Å². The summed E-state index contributed by atoms with van der Waals surface area (Å²) in [4.78, 5) is 61.0. The minimum atomic E-state index is -1.03. The Morgan fingerprint density at radius 3 is 2.03 bits per heavy atom. The second-order valence-electron chi connectivity index (χ2n) is 6.42. The van der Waals surface area contributed by atoms with Gasteiger partial charge in [-0.15, -0.1) is 0 Å². The molecule has 0 spiro atoms. The lowest BCUT2D eigenvalue weighted by Gasteiger charge is -2.21. The van der Waals surface area contributed by atoms with Crippen LogP contribution < -0.4 is 16.4 Å². The average molecular weight is 394 g/mol. The summed E-state index contributed by atoms with van der Waals surface area (Å²) in [6.45, 7) is 1.18. The van der Waals surface area contributed by atoms with Crippen molar-refractivity contribution in [3.8, 4) is 0 Å². The molecule has 0 radical (unpaired) electrons. The first-order valence-corrected chi connectivity index (χ1v) is 8.74. The topological polar surface area (TPSA) is 139 Å². The van der Waals surface area contributed by atoms with Gasteiger partial charge in [-0.2, -0.15) is 0 Å². The van der Waals surface area contributed by atoms with Crippen molar-refractivity contribution in [1.29, 1.82) is 0 Å². The summed E-state index contributed by atoms with van der Waals surface area (Å²) in [5, 5.41) is 4.96. The van der Waals surface area contributed by atoms with Crippen LogP contribution in [0.2, 0.25) is 0 Å². The Balaban J connectivity index is 1.66. The summed E-state index contributed by atoms with van der Waals surface area (Å²) in [6.07, 6.45) is 0. The number of imide groups is 1. The summed E-state index contributed by atoms with van der Waals surface area (Å²) in [6, 6.07) is 11.3. The van der Waals surface area contributed by atoms with Crippen LogP contribution in [0.1, 0.15) is 38.0 Å². The van der Waals surface area contributed by atoms with Crippen LogP contribution >= 0.6 is 0 Å². The van der Waals surface area contributed by atoms with E-state index in [0.717, 1.165) is 4.90 Å². The number of fused-ring (bicyclic) bond motifs is 1. The molecule has 0 saturated heterocycles. The molecule has 1 aliphatic rings. The molecule has 1 aliphatic heterocycles. The maximum absolute atomic E-state index is 12.6. The van der Waals surface area contributed by atoms with Gasteiger partial charge in [0.15, 0.2) is 0 Å². The lowest BCUT2D eigenvalue weighted by Crippen LogP contribution is -2.45. The number of nitrogens with one attached hydrogen (secondary N) is 2. The van der Waals surface area contributed by atoms with Crippen LogP contribution in [-0.4, -0.2) is 47.0 Å². The number of anilines is 1. The summed E-state index contributed by atoms with van der Waals surface area (Å²) >= 11 is 0. The van der Waals surface area contributed by atoms with Crippen molar-refractivity contribution in [3.63, 3.8) is 0 Å². The number of benzene rings is 2. The monoisotopic (exact) mass is 394 g/mol. The molecule has 0 fully saturated rings. The fraction of sp³-hybridized carbons (Fsp3) is 0.150. The first-order valence-electron chi connectivity index (χ1n) is 8.74. The highest BCUT2D eigenvalue weighted by molar-refractivity contribution is 6.23. The molecular formula is C20H18N4O5. The number of amides is 5. The molecule has 29 heavy (non-hydrogen) atoms. The fourth-order valence-corrected chi connectivity index (χ4v) is 2.90. The van der Waals surface area contributed by atoms with Gasteiger partial charge in [-0.05, 0) is 43.3 Å². The van der Waals surface area contributed by atoms with Crippen molar-refractivity contribution in [2.24, 2.45) is 5.73 Å². The number of carbonyl (C=O) groups excluding carboxylic acids is 5. The molecule has 0 aliphatic carbocycles. The molecule has 1 atom stereocenters. The largest absolute Gasteiger partial charge is 0.368 e. The second-order valence-corrected chi connectivity index (χ2v) is 6.42. The summed E-state index contributed by atoms with van der Waals surface area (Å²) < 4.78 is 0. The lowest BCUT2D eigenvalue weighted by molar-refractivity contribution is -0.119. The van der Waals surface area contributed by atoms with E-state index in [9.17, 15) is 24.0 Å². The average Bonchev–Trinajstić information content (AvgIpc) is 2.96. The zero-order valence-corrected chi connectivity index (χ0v) is 15.5. The van der Waals surface area contributed by atoms with E-state index in [2.05, 4.69) is 10.6 Å². The molecule has 4 N–H and O–H groups in total. The fourth-order valence-electron chi connectivity index (χ4n) is 2.90. The highest BCUT2D eigenvalue weighted by Gasteiger charge is 2.40. The zero-order valence-electron chi connectivity index (χ0n) is 15.5. The molecule has 5 amide bonds. The van der Waals surface area contributed by atoms with Crippen molar-refractivity contribution >= 4 is 35.2 Å². The predicted molar refractivity (Wildman–Crippen MR) is 103 cm³/mol. The highest BCUT2D eigenvalue weighted by atomic mass is 16.2. The zero-order chi connectivity index (χ0) is 21.1. The van der Waals surface area contributed by atoms with E-state index in [1.54, 1.807) is 24.3 Å². The molecule has 9 nitrogen and oxygen atoms in total. The van der Waals surface area contributed by atoms with Gasteiger partial charge < -0.3 is 16.4 Å². The molecule has 148 valence electrons. The minimum absolute atomic E-state index is 0.267. The number of rotatable bonds is 6. The number of nitrogens with two attached hydrogens (primary N) is 1. The summed E-state index contributed by atoms with van der Waals surface area (Å²) in [5.74, 6) is -2.74. The van der Waals surface area contributed by atoms with Gasteiger partial charge in [-0.1, -0.05) is 12.1 Å². The molecule has 9 heteroatoms. The maximum atomic E-state index is 12.6. The van der Waals surface area contributed by atoms with Gasteiger partial charge >= 0.3 is 0 Å². The third kappa shape index (κ3) is 3.98. The number of hydrogen-bond donors (Lipinski definition) is 3. The molecule has 3 rings (SSSR count). The smallest absolute Gasteiger partial charge is 0.262 e. The Bertz CT molecular complexity index is 981. The number of carbonyl (C=O) groups is 5. The normalized spacial score (nSPS) is 13.6. The van der Waals surface area contributed by atoms with Gasteiger partial charge in [0, 0.05) is 11.3 Å². The first-order chi connectivity index (χ1) is 13.8. The first kappa shape index (κ1) is 19.7. The van der Waals surface area contributed by atoms with Crippen LogP contribution in [-0.2, 0) is 9.59 Å². The Labute approximate surface area is 165 Å². The van der Waals surface area contributed by atoms with Gasteiger partial charge in [0.25, 0.3) is 17.7 Å². The van der Waals surface area contributed by atoms with Crippen LogP contribution in [0.15, 0.2) is 48.5 Å². The van der Waals surface area contributed by atoms with Gasteiger partial charge in [0.05, 0.1) is 17.7 Å². The standard InChI is InChI=1S/C20H18N4O5/c1-11(24-19(28)14-4-2-3-5-15(14)20(24)29)17(26)23-13-8-6-12(7-9-13)18(27)22-10-16(21)25/h2-9,11H,10H2,1H3,(H2,21,25)(H,22,27)(H,23,26). The quantitative estimate of drug-likeness (QED) is 0.613. The van der Waals surface area contributed by atoms with E-state index in [1.807, 2.05) is 0 Å². The molecule has 2 aromatic rings. The maximum Gasteiger partial charge on any atom is 0.262 e. The van der Waals surface area contributed by atoms with Crippen molar-refractivity contribution in [3.05, 3.63) is 65.2 Å². The molecule has 0 saturated carbocycles. The Kier molecular flexibility index (Phi) is 5.40. The van der Waals surface area contributed by atoms with Crippen molar-refractivity contribution in [1.82, 2.24) is 10.2 Å². The number of hydrogen-bond acceptors (Lipinski definition) is 5. The van der Waals surface area contributed by atoms with Gasteiger partial charge in [0.2, 0.25) is 11.8 Å². The third-order valence-electron chi connectivity index (χ3n) is 4.43. The predicted octanol–water partition coefficient (Wildman–Crippen LogP) is 0.525. The SMILES string of the molecule is CC(C(=O)Nc1ccc(C(=O)NCC(N)=O)cc1)N1C(=O)c2ccccc2C1=O. The van der Waals surface area contributed by atoms with Crippen LogP contribution in [0.25, 0.3) is 0 Å². The van der Waals surface area contributed by atoms with Crippen molar-refractivity contribution < 1.29 is 24.0 Å². The number of primary amides is 1. The summed E-state index contributed by atoms with van der Waals surface area (Å²) in [5.41, 5.74) is 6.16. The van der Waals surface area contributed by atoms with E-state index in [0.29, 0.717) is 5.69 Å². The third-order valence-corrected chi connectivity index (χ3v) is 4.43. The van der Waals surface area contributed by atoms with Gasteiger partial charge in [-0.25, -0.2) is 0 Å². The van der Waals surface area contributed by atoms with Crippen LogP contribution in [0, 0.1) is 0 Å². The van der Waals surface area contributed by atoms with E-state index in [1.165, 1.54) is 31.2 Å². The van der Waals surface area contributed by atoms with Crippen LogP contribution in [0.4, 0.5) is 5.69 Å². The Morgan fingerprint density at radius 1 is 0.966 bits per heavy atom. The van der Waals surface area contributed by atoms with Gasteiger partial charge in [0.1, 0.15) is 6.04 Å². The summed E-state index contributed by atoms with van der Waals surface area (Å²) in [7, 11) is 0. The number of nitrogens with zero attached hydrogens (tertiary/aromatic N) is 1. The van der Waals surface area contributed by atoms with Crippen LogP contribution in [0.3, 0.4) is 0 Å². The molecular weight excluding hydrogens is 376 g/mol.